The van der Waals surface area contributed by atoms with Crippen molar-refractivity contribution >= 4 is 33.0 Å². The zero-order chi connectivity index (χ0) is 12.7. The van der Waals surface area contributed by atoms with Gasteiger partial charge in [-0.3, -0.25) is 4.40 Å². The molecule has 3 rings (SSSR count). The summed E-state index contributed by atoms with van der Waals surface area (Å²) in [5.74, 6) is 0.181. The van der Waals surface area contributed by atoms with Gasteiger partial charge in [-0.05, 0) is 46.3 Å². The van der Waals surface area contributed by atoms with Gasteiger partial charge in [-0.25, -0.2) is 9.37 Å². The number of hydrogen-bond acceptors (Lipinski definition) is 1. The van der Waals surface area contributed by atoms with Crippen LogP contribution in [0, 0.1) is 5.82 Å². The quantitative estimate of drug-likeness (QED) is 0.641. The summed E-state index contributed by atoms with van der Waals surface area (Å²) in [6.45, 7) is 0. The van der Waals surface area contributed by atoms with Crippen molar-refractivity contribution in [3.63, 3.8) is 0 Å². The molecule has 0 bridgehead atoms. The topological polar surface area (TPSA) is 17.3 Å². The average molecular weight is 326 g/mol. The van der Waals surface area contributed by atoms with Crippen LogP contribution in [0.5, 0.6) is 0 Å². The van der Waals surface area contributed by atoms with Gasteiger partial charge in [0.1, 0.15) is 16.2 Å². The third-order valence-corrected chi connectivity index (χ3v) is 3.49. The van der Waals surface area contributed by atoms with E-state index in [2.05, 4.69) is 20.9 Å². The van der Waals surface area contributed by atoms with Gasteiger partial charge < -0.3 is 0 Å². The van der Waals surface area contributed by atoms with Crippen LogP contribution in [0.3, 0.4) is 0 Å². The molecule has 0 saturated carbocycles. The number of halogens is 3. The average Bonchev–Trinajstić information content (AvgIpc) is 2.71. The number of imidazole rings is 1. The maximum absolute atomic E-state index is 13.9. The second-order valence-corrected chi connectivity index (χ2v) is 4.99. The van der Waals surface area contributed by atoms with E-state index in [-0.39, 0.29) is 5.82 Å². The van der Waals surface area contributed by atoms with Gasteiger partial charge in [0.25, 0.3) is 0 Å². The molecule has 2 nitrogen and oxygen atoms in total. The Morgan fingerprint density at radius 1 is 1.22 bits per heavy atom. The Bertz CT molecular complexity index is 739. The fourth-order valence-electron chi connectivity index (χ4n) is 1.86. The van der Waals surface area contributed by atoms with Crippen LogP contribution in [-0.4, -0.2) is 9.38 Å². The second kappa shape index (κ2) is 4.37. The van der Waals surface area contributed by atoms with Crippen LogP contribution in [0.4, 0.5) is 4.39 Å². The molecule has 0 fully saturated rings. The SMILES string of the molecule is Fc1ccc(Cl)cc1-c1nc(Br)c2ccccn12. The van der Waals surface area contributed by atoms with Crippen molar-refractivity contribution in [2.45, 2.75) is 0 Å². The van der Waals surface area contributed by atoms with E-state index in [9.17, 15) is 4.39 Å². The van der Waals surface area contributed by atoms with E-state index in [1.54, 1.807) is 6.07 Å². The van der Waals surface area contributed by atoms with Crippen LogP contribution in [0.2, 0.25) is 5.02 Å². The fourth-order valence-corrected chi connectivity index (χ4v) is 2.52. The summed E-state index contributed by atoms with van der Waals surface area (Å²) in [6, 6.07) is 10.1. The first kappa shape index (κ1) is 11.7. The first-order valence-corrected chi connectivity index (χ1v) is 6.42. The summed E-state index contributed by atoms with van der Waals surface area (Å²) in [5.41, 5.74) is 1.27. The van der Waals surface area contributed by atoms with Crippen LogP contribution in [0.1, 0.15) is 0 Å². The maximum Gasteiger partial charge on any atom is 0.148 e. The molecule has 90 valence electrons. The molecule has 1 aromatic carbocycles. The summed E-state index contributed by atoms with van der Waals surface area (Å²) >= 11 is 9.28. The summed E-state index contributed by atoms with van der Waals surface area (Å²) < 4.78 is 16.4. The highest BCUT2D eigenvalue weighted by Gasteiger charge is 2.14. The minimum atomic E-state index is -0.345. The molecule has 0 amide bonds. The highest BCUT2D eigenvalue weighted by Crippen LogP contribution is 2.29. The van der Waals surface area contributed by atoms with Gasteiger partial charge in [-0.1, -0.05) is 17.7 Å². The summed E-state index contributed by atoms with van der Waals surface area (Å²) in [7, 11) is 0. The van der Waals surface area contributed by atoms with Crippen molar-refractivity contribution in [2.75, 3.05) is 0 Å². The largest absolute Gasteiger partial charge is 0.298 e. The van der Waals surface area contributed by atoms with E-state index in [1.807, 2.05) is 28.8 Å². The van der Waals surface area contributed by atoms with Crippen molar-refractivity contribution in [3.8, 4) is 11.4 Å². The van der Waals surface area contributed by atoms with Crippen molar-refractivity contribution in [2.24, 2.45) is 0 Å². The van der Waals surface area contributed by atoms with E-state index < -0.39 is 0 Å². The Labute approximate surface area is 116 Å². The molecule has 0 radical (unpaired) electrons. The van der Waals surface area contributed by atoms with Crippen LogP contribution in [0.25, 0.3) is 16.9 Å². The summed E-state index contributed by atoms with van der Waals surface area (Å²) in [6.07, 6.45) is 1.84. The Morgan fingerprint density at radius 2 is 2.06 bits per heavy atom. The van der Waals surface area contributed by atoms with Gasteiger partial charge in [0.2, 0.25) is 0 Å². The van der Waals surface area contributed by atoms with E-state index in [0.717, 1.165) is 5.52 Å². The van der Waals surface area contributed by atoms with E-state index >= 15 is 0 Å². The number of rotatable bonds is 1. The lowest BCUT2D eigenvalue weighted by Crippen LogP contribution is -1.91. The predicted octanol–water partition coefficient (Wildman–Crippen LogP) is 4.56. The standard InChI is InChI=1S/C13H7BrClFN2/c14-12-11-3-1-2-6-18(11)13(17-12)9-7-8(15)4-5-10(9)16/h1-7H. The Balaban J connectivity index is 2.35. The number of aromatic nitrogens is 2. The molecule has 0 aliphatic rings. The van der Waals surface area contributed by atoms with Gasteiger partial charge in [0.05, 0.1) is 11.1 Å². The molecule has 2 heterocycles. The zero-order valence-corrected chi connectivity index (χ0v) is 11.4. The number of pyridine rings is 1. The molecule has 0 atom stereocenters. The monoisotopic (exact) mass is 324 g/mol. The number of benzene rings is 1. The van der Waals surface area contributed by atoms with Crippen LogP contribution >= 0.6 is 27.5 Å². The fraction of sp³-hybridized carbons (Fsp3) is 0. The van der Waals surface area contributed by atoms with Gasteiger partial charge >= 0.3 is 0 Å². The molecular weight excluding hydrogens is 319 g/mol. The van der Waals surface area contributed by atoms with Crippen molar-refractivity contribution in [1.29, 1.82) is 0 Å². The molecule has 18 heavy (non-hydrogen) atoms. The molecule has 0 unspecified atom stereocenters. The van der Waals surface area contributed by atoms with Gasteiger partial charge in [-0.2, -0.15) is 0 Å². The van der Waals surface area contributed by atoms with Gasteiger partial charge in [0.15, 0.2) is 0 Å². The first-order valence-electron chi connectivity index (χ1n) is 5.25. The Morgan fingerprint density at radius 3 is 2.89 bits per heavy atom. The second-order valence-electron chi connectivity index (χ2n) is 3.81. The predicted molar refractivity (Wildman–Crippen MR) is 73.3 cm³/mol. The van der Waals surface area contributed by atoms with Crippen LogP contribution in [0.15, 0.2) is 47.2 Å². The summed E-state index contributed by atoms with van der Waals surface area (Å²) in [4.78, 5) is 4.34. The van der Waals surface area contributed by atoms with Crippen molar-refractivity contribution < 1.29 is 4.39 Å². The zero-order valence-electron chi connectivity index (χ0n) is 9.07. The van der Waals surface area contributed by atoms with Gasteiger partial charge in [-0.15, -0.1) is 0 Å². The maximum atomic E-state index is 13.9. The highest BCUT2D eigenvalue weighted by molar-refractivity contribution is 9.10. The molecule has 0 aliphatic heterocycles. The minimum absolute atomic E-state index is 0.345. The normalized spacial score (nSPS) is 11.1. The number of nitrogens with zero attached hydrogens (tertiary/aromatic N) is 2. The first-order chi connectivity index (χ1) is 8.66. The molecule has 0 spiro atoms. The minimum Gasteiger partial charge on any atom is -0.298 e. The third-order valence-electron chi connectivity index (χ3n) is 2.67. The molecule has 0 N–H and O–H groups in total. The van der Waals surface area contributed by atoms with Gasteiger partial charge in [0, 0.05) is 11.2 Å². The molecule has 2 aromatic heterocycles. The Kier molecular flexibility index (Phi) is 2.84. The molecule has 0 saturated heterocycles. The van der Waals surface area contributed by atoms with E-state index in [1.165, 1.54) is 12.1 Å². The number of fused-ring (bicyclic) bond motifs is 1. The lowest BCUT2D eigenvalue weighted by atomic mass is 10.2. The number of hydrogen-bond donors (Lipinski definition) is 0. The van der Waals surface area contributed by atoms with Crippen molar-refractivity contribution in [3.05, 3.63) is 58.0 Å². The van der Waals surface area contributed by atoms with E-state index in [0.29, 0.717) is 21.0 Å². The molecule has 5 heteroatoms. The Hall–Kier alpha value is -1.39. The molecule has 3 aromatic rings. The van der Waals surface area contributed by atoms with Crippen LogP contribution in [-0.2, 0) is 0 Å². The smallest absolute Gasteiger partial charge is 0.148 e. The van der Waals surface area contributed by atoms with Crippen LogP contribution < -0.4 is 0 Å². The van der Waals surface area contributed by atoms with E-state index in [4.69, 9.17) is 11.6 Å². The third kappa shape index (κ3) is 1.82. The highest BCUT2D eigenvalue weighted by atomic mass is 79.9. The molecule has 0 aliphatic carbocycles. The summed E-state index contributed by atoms with van der Waals surface area (Å²) in [5, 5.41) is 0.482. The molecular formula is C13H7BrClFN2. The lowest BCUT2D eigenvalue weighted by molar-refractivity contribution is 0.630. The van der Waals surface area contributed by atoms with Crippen molar-refractivity contribution in [1.82, 2.24) is 9.38 Å². The lowest BCUT2D eigenvalue weighted by Gasteiger charge is -2.03.